The maximum atomic E-state index is 4.30. The predicted molar refractivity (Wildman–Crippen MR) is 58.7 cm³/mol. The van der Waals surface area contributed by atoms with Crippen molar-refractivity contribution < 1.29 is 0 Å². The van der Waals surface area contributed by atoms with Crippen molar-refractivity contribution >= 4 is 0 Å². The molecule has 69 valence electrons. The lowest BCUT2D eigenvalue weighted by Gasteiger charge is -2.02. The largest absolute Gasteiger partial charge is 0.256 e. The van der Waals surface area contributed by atoms with E-state index < -0.39 is 0 Å². The zero-order chi connectivity index (χ0) is 9.80. The van der Waals surface area contributed by atoms with Gasteiger partial charge in [0.25, 0.3) is 0 Å². The molecule has 0 aliphatic rings. The van der Waals surface area contributed by atoms with Crippen LogP contribution in [-0.4, -0.2) is 4.98 Å². The van der Waals surface area contributed by atoms with Gasteiger partial charge in [-0.2, -0.15) is 0 Å². The quantitative estimate of drug-likeness (QED) is 0.695. The third kappa shape index (κ3) is 1.82. The van der Waals surface area contributed by atoms with Gasteiger partial charge in [-0.1, -0.05) is 24.3 Å². The van der Waals surface area contributed by atoms with Crippen LogP contribution in [0.25, 0.3) is 11.3 Å². The van der Waals surface area contributed by atoms with Gasteiger partial charge in [-0.05, 0) is 37.1 Å². The molecular weight excluding hydrogens is 170 g/mol. The maximum Gasteiger partial charge on any atom is 0.0702 e. The first-order valence-corrected chi connectivity index (χ1v) is 4.70. The van der Waals surface area contributed by atoms with Crippen LogP contribution in [0.5, 0.6) is 0 Å². The minimum absolute atomic E-state index is 0.820. The van der Waals surface area contributed by atoms with E-state index in [2.05, 4.69) is 30.1 Å². The lowest BCUT2D eigenvalue weighted by Crippen LogP contribution is -1.84. The van der Waals surface area contributed by atoms with Gasteiger partial charge in [0, 0.05) is 11.8 Å². The highest BCUT2D eigenvalue weighted by Crippen LogP contribution is 2.17. The van der Waals surface area contributed by atoms with E-state index in [9.17, 15) is 0 Å². The van der Waals surface area contributed by atoms with E-state index in [-0.39, 0.29) is 0 Å². The summed E-state index contributed by atoms with van der Waals surface area (Å²) in [4.78, 5) is 4.30. The van der Waals surface area contributed by atoms with Gasteiger partial charge in [-0.25, -0.2) is 0 Å². The van der Waals surface area contributed by atoms with E-state index in [1.807, 2.05) is 30.5 Å². The van der Waals surface area contributed by atoms with Gasteiger partial charge in [0.1, 0.15) is 0 Å². The van der Waals surface area contributed by atoms with Crippen LogP contribution in [0.4, 0.5) is 0 Å². The summed E-state index contributed by atoms with van der Waals surface area (Å²) >= 11 is 0. The van der Waals surface area contributed by atoms with Crippen molar-refractivity contribution in [3.63, 3.8) is 0 Å². The number of nitrogens with zero attached hydrogens (tertiary/aromatic N) is 1. The second kappa shape index (κ2) is 4.05. The van der Waals surface area contributed by atoms with Gasteiger partial charge in [-0.3, -0.25) is 4.98 Å². The highest BCUT2D eigenvalue weighted by atomic mass is 14.7. The van der Waals surface area contributed by atoms with Crippen LogP contribution in [0.1, 0.15) is 5.56 Å². The van der Waals surface area contributed by atoms with Gasteiger partial charge in [0.2, 0.25) is 0 Å². The first kappa shape index (κ1) is 8.95. The summed E-state index contributed by atoms with van der Waals surface area (Å²) in [6, 6.07) is 14.3. The number of aromatic nitrogens is 1. The molecule has 1 heterocycles. The average molecular weight is 182 g/mol. The number of hydrogen-bond donors (Lipinski definition) is 0. The number of hydrogen-bond acceptors (Lipinski definition) is 1. The zero-order valence-electron chi connectivity index (χ0n) is 7.98. The van der Waals surface area contributed by atoms with Crippen LogP contribution >= 0.6 is 0 Å². The van der Waals surface area contributed by atoms with Crippen LogP contribution in [0.2, 0.25) is 0 Å². The summed E-state index contributed by atoms with van der Waals surface area (Å²) in [7, 11) is 0. The molecule has 0 unspecified atom stereocenters. The summed E-state index contributed by atoms with van der Waals surface area (Å²) in [5.74, 6) is 0. The topological polar surface area (TPSA) is 12.9 Å². The van der Waals surface area contributed by atoms with Crippen molar-refractivity contribution in [1.82, 2.24) is 4.98 Å². The summed E-state index contributed by atoms with van der Waals surface area (Å²) in [5.41, 5.74) is 3.42. The Kier molecular flexibility index (Phi) is 2.59. The Bertz CT molecular complexity index is 407. The van der Waals surface area contributed by atoms with E-state index >= 15 is 0 Å². The first-order chi connectivity index (χ1) is 6.90. The van der Waals surface area contributed by atoms with Crippen LogP contribution in [-0.2, 0) is 6.42 Å². The Morgan fingerprint density at radius 2 is 2.00 bits per heavy atom. The summed E-state index contributed by atoms with van der Waals surface area (Å²) in [6.45, 7) is 3.87. The number of benzene rings is 1. The second-order valence-corrected chi connectivity index (χ2v) is 3.17. The third-order valence-corrected chi connectivity index (χ3v) is 2.18. The van der Waals surface area contributed by atoms with Gasteiger partial charge in [-0.15, -0.1) is 0 Å². The van der Waals surface area contributed by atoms with Gasteiger partial charge < -0.3 is 0 Å². The molecule has 0 spiro atoms. The normalized spacial score (nSPS) is 10.1. The molecule has 1 aromatic heterocycles. The van der Waals surface area contributed by atoms with Crippen LogP contribution in [0, 0.1) is 6.92 Å². The monoisotopic (exact) mass is 182 g/mol. The molecule has 0 bridgehead atoms. The molecule has 0 aliphatic heterocycles. The first-order valence-electron chi connectivity index (χ1n) is 4.70. The minimum atomic E-state index is 0.820. The molecule has 0 saturated carbocycles. The molecule has 1 heteroatoms. The van der Waals surface area contributed by atoms with Gasteiger partial charge >= 0.3 is 0 Å². The minimum Gasteiger partial charge on any atom is -0.256 e. The molecule has 0 fully saturated rings. The second-order valence-electron chi connectivity index (χ2n) is 3.17. The van der Waals surface area contributed by atoms with E-state index in [4.69, 9.17) is 0 Å². The smallest absolute Gasteiger partial charge is 0.0702 e. The van der Waals surface area contributed by atoms with Crippen LogP contribution in [0.3, 0.4) is 0 Å². The number of pyridine rings is 1. The molecule has 1 aromatic carbocycles. The number of rotatable bonds is 2. The molecule has 2 aromatic rings. The standard InChI is InChI=1S/C13H12N/c1-2-11-6-5-7-12(10-11)13-8-3-4-9-14-13/h3-10H,1-2H2. The highest BCUT2D eigenvalue weighted by Gasteiger charge is 1.97. The van der Waals surface area contributed by atoms with Crippen molar-refractivity contribution in [2.75, 3.05) is 0 Å². The van der Waals surface area contributed by atoms with Crippen molar-refractivity contribution in [1.29, 1.82) is 0 Å². The Morgan fingerprint density at radius 1 is 1.07 bits per heavy atom. The van der Waals surface area contributed by atoms with Crippen molar-refractivity contribution in [3.8, 4) is 11.3 Å². The Hall–Kier alpha value is -1.63. The molecule has 0 aliphatic carbocycles. The van der Waals surface area contributed by atoms with E-state index in [0.717, 1.165) is 17.7 Å². The van der Waals surface area contributed by atoms with E-state index in [0.29, 0.717) is 0 Å². The zero-order valence-corrected chi connectivity index (χ0v) is 7.98. The average Bonchev–Trinajstić information content (AvgIpc) is 2.30. The maximum absolute atomic E-state index is 4.30. The van der Waals surface area contributed by atoms with Gasteiger partial charge in [0.05, 0.1) is 5.69 Å². The van der Waals surface area contributed by atoms with Crippen LogP contribution in [0.15, 0.2) is 48.7 Å². The predicted octanol–water partition coefficient (Wildman–Crippen LogP) is 3.13. The SMILES string of the molecule is [CH2]Cc1cccc(-c2ccccn2)c1. The molecule has 2 rings (SSSR count). The molecule has 0 N–H and O–H groups in total. The lowest BCUT2D eigenvalue weighted by molar-refractivity contribution is 1.26. The molecule has 1 nitrogen and oxygen atoms in total. The molecule has 0 saturated heterocycles. The lowest BCUT2D eigenvalue weighted by atomic mass is 10.1. The molecule has 0 amide bonds. The van der Waals surface area contributed by atoms with Gasteiger partial charge in [0.15, 0.2) is 0 Å². The highest BCUT2D eigenvalue weighted by molar-refractivity contribution is 5.59. The van der Waals surface area contributed by atoms with E-state index in [1.165, 1.54) is 5.56 Å². The fraction of sp³-hybridized carbons (Fsp3) is 0.0769. The van der Waals surface area contributed by atoms with Crippen molar-refractivity contribution in [2.24, 2.45) is 0 Å². The molecular formula is C13H12N. The summed E-state index contributed by atoms with van der Waals surface area (Å²) < 4.78 is 0. The third-order valence-electron chi connectivity index (χ3n) is 2.18. The Labute approximate surface area is 84.4 Å². The Morgan fingerprint density at radius 3 is 2.71 bits per heavy atom. The van der Waals surface area contributed by atoms with Crippen molar-refractivity contribution in [2.45, 2.75) is 6.42 Å². The molecule has 14 heavy (non-hydrogen) atoms. The summed E-state index contributed by atoms with van der Waals surface area (Å²) in [6.07, 6.45) is 2.63. The van der Waals surface area contributed by atoms with E-state index in [1.54, 1.807) is 0 Å². The fourth-order valence-electron chi connectivity index (χ4n) is 1.42. The summed E-state index contributed by atoms with van der Waals surface area (Å²) in [5, 5.41) is 0. The molecule has 1 radical (unpaired) electrons. The molecule has 0 atom stereocenters. The van der Waals surface area contributed by atoms with Crippen LogP contribution < -0.4 is 0 Å². The fourth-order valence-corrected chi connectivity index (χ4v) is 1.42. The Balaban J connectivity index is 2.42. The van der Waals surface area contributed by atoms with Crippen molar-refractivity contribution in [3.05, 3.63) is 61.1 Å².